The molecule has 0 fully saturated rings. The number of nitro groups is 1. The van der Waals surface area contributed by atoms with Crippen LogP contribution in [0.3, 0.4) is 0 Å². The van der Waals surface area contributed by atoms with Crippen LogP contribution in [0.1, 0.15) is 65.0 Å². The molecule has 4 amide bonds. The van der Waals surface area contributed by atoms with Crippen LogP contribution in [0, 0.1) is 17.0 Å². The zero-order chi connectivity index (χ0) is 35.7. The molecule has 0 aromatic heterocycles. The monoisotopic (exact) mass is 802 g/mol. The number of anilines is 2. The lowest BCUT2D eigenvalue weighted by Gasteiger charge is -2.33. The van der Waals surface area contributed by atoms with E-state index in [0.29, 0.717) is 10.5 Å². The normalized spacial score (nSPS) is 15.4. The third-order valence-electron chi connectivity index (χ3n) is 8.42. The number of nitrogens with zero attached hydrogens (tertiary/aromatic N) is 3. The maximum absolute atomic E-state index is 15.2. The Morgan fingerprint density at radius 1 is 0.755 bits per heavy atom. The van der Waals surface area contributed by atoms with E-state index in [0.717, 1.165) is 48.2 Å². The van der Waals surface area contributed by atoms with Gasteiger partial charge in [-0.25, -0.2) is 9.80 Å². The molecule has 4 aromatic carbocycles. The molecule has 1 unspecified atom stereocenters. The van der Waals surface area contributed by atoms with Gasteiger partial charge in [-0.1, -0.05) is 23.2 Å². The second-order valence-electron chi connectivity index (χ2n) is 11.2. The highest BCUT2D eigenvalue weighted by Gasteiger charge is 2.55. The lowest BCUT2D eigenvalue weighted by molar-refractivity contribution is -0.384. The third kappa shape index (κ3) is 5.20. The molecule has 1 atom stereocenters. The predicted octanol–water partition coefficient (Wildman–Crippen LogP) is 7.08. The number of hydrogen-bond acceptors (Lipinski definition) is 9. The summed E-state index contributed by atoms with van der Waals surface area (Å²) in [5, 5.41) is 11.7. The van der Waals surface area contributed by atoms with Gasteiger partial charge in [0.15, 0.2) is 5.75 Å². The molecule has 2 N–H and O–H groups in total. The number of hydrogen-bond donors (Lipinski definition) is 1. The van der Waals surface area contributed by atoms with Crippen LogP contribution in [0.15, 0.2) is 75.7 Å². The van der Waals surface area contributed by atoms with Crippen LogP contribution in [0.25, 0.3) is 0 Å². The van der Waals surface area contributed by atoms with E-state index in [9.17, 15) is 29.3 Å². The Morgan fingerprint density at radius 3 is 1.73 bits per heavy atom. The summed E-state index contributed by atoms with van der Waals surface area (Å²) >= 11 is 6.52. The van der Waals surface area contributed by atoms with Gasteiger partial charge in [0.25, 0.3) is 29.3 Å². The molecule has 2 aliphatic rings. The Balaban J connectivity index is 1.43. The van der Waals surface area contributed by atoms with E-state index in [2.05, 4.69) is 36.8 Å². The van der Waals surface area contributed by atoms with Crippen LogP contribution in [-0.4, -0.2) is 34.7 Å². The smallest absolute Gasteiger partial charge is 0.320 e. The molecule has 17 heteroatoms. The molecule has 0 bridgehead atoms. The number of rotatable bonds is 7. The molecule has 4 aromatic rings. The van der Waals surface area contributed by atoms with E-state index in [1.165, 1.54) is 30.3 Å². The fourth-order valence-electron chi connectivity index (χ4n) is 5.85. The lowest BCUT2D eigenvalue weighted by Crippen LogP contribution is -2.41. The van der Waals surface area contributed by atoms with Crippen molar-refractivity contribution in [2.75, 3.05) is 9.80 Å². The summed E-state index contributed by atoms with van der Waals surface area (Å²) < 4.78 is 45.8. The fourth-order valence-corrected chi connectivity index (χ4v) is 7.35. The highest BCUT2D eigenvalue weighted by molar-refractivity contribution is 9.11. The largest absolute Gasteiger partial charge is 0.402 e. The van der Waals surface area contributed by atoms with Crippen molar-refractivity contribution in [3.63, 3.8) is 0 Å². The summed E-state index contributed by atoms with van der Waals surface area (Å²) in [7, 11) is 0. The van der Waals surface area contributed by atoms with E-state index in [1.807, 2.05) is 0 Å². The van der Waals surface area contributed by atoms with Crippen molar-refractivity contribution < 1.29 is 47.1 Å². The van der Waals surface area contributed by atoms with Crippen molar-refractivity contribution in [2.45, 2.75) is 25.4 Å². The predicted molar refractivity (Wildman–Crippen MR) is 173 cm³/mol. The number of benzene rings is 4. The van der Waals surface area contributed by atoms with E-state index in [-0.39, 0.29) is 42.8 Å². The Morgan fingerprint density at radius 2 is 1.24 bits per heavy atom. The third-order valence-corrected chi connectivity index (χ3v) is 9.63. The Hall–Kier alpha value is -4.97. The average molecular weight is 804 g/mol. The highest BCUT2D eigenvalue weighted by Crippen LogP contribution is 2.49. The molecule has 0 radical (unpaired) electrons. The molecular weight excluding hydrogens is 785 g/mol. The molecular formula is C32H19Br2F3N4O8. The molecule has 2 heterocycles. The van der Waals surface area contributed by atoms with Crippen LogP contribution in [0.2, 0.25) is 0 Å². The number of carbonyl (C=O) groups is 4. The first-order valence-electron chi connectivity index (χ1n) is 13.9. The quantitative estimate of drug-likeness (QED) is 0.0891. The summed E-state index contributed by atoms with van der Waals surface area (Å²) in [4.78, 5) is 75.1. The minimum atomic E-state index is -5.03. The second kappa shape index (κ2) is 11.9. The first-order chi connectivity index (χ1) is 23.0. The number of fused-ring (bicyclic) bond motifs is 2. The van der Waals surface area contributed by atoms with Gasteiger partial charge >= 0.3 is 6.18 Å². The fraction of sp³-hybridized carbons (Fsp3) is 0.125. The Kier molecular flexibility index (Phi) is 8.21. The number of imide groups is 2. The van der Waals surface area contributed by atoms with Gasteiger partial charge < -0.3 is 4.89 Å². The summed E-state index contributed by atoms with van der Waals surface area (Å²) in [6.07, 6.45) is -5.03. The van der Waals surface area contributed by atoms with Gasteiger partial charge in [-0.15, -0.1) is 0 Å². The summed E-state index contributed by atoms with van der Waals surface area (Å²) in [6, 6.07) is 12.7. The van der Waals surface area contributed by atoms with Crippen molar-refractivity contribution in [3.8, 4) is 5.75 Å². The van der Waals surface area contributed by atoms with Gasteiger partial charge in [-0.2, -0.15) is 19.1 Å². The van der Waals surface area contributed by atoms with E-state index in [4.69, 9.17) is 10.8 Å². The number of amides is 4. The van der Waals surface area contributed by atoms with E-state index >= 15 is 13.2 Å². The molecule has 2 aliphatic heterocycles. The van der Waals surface area contributed by atoms with Gasteiger partial charge in [0, 0.05) is 27.1 Å². The standard InChI is InChI=1S/C32H19Br2F3N4O8/c1-14-3-8-24(25(9-14)41(46)47)39-27(42)18-6-4-15(10-20(18)29(39)44)31(2,32(35,36)37)16-5-7-19-21(11-16)30(45)40(28(19)43)26-22(33)12-17(48-49-38)13-23(26)34/h3-13H,38H2,1-2H3. The average Bonchev–Trinajstić information content (AvgIpc) is 3.43. The van der Waals surface area contributed by atoms with E-state index in [1.54, 1.807) is 6.92 Å². The van der Waals surface area contributed by atoms with Crippen LogP contribution in [-0.2, 0) is 10.4 Å². The Bertz CT molecular complexity index is 2150. The number of aryl methyl sites for hydroxylation is 1. The van der Waals surface area contributed by atoms with E-state index < -0.39 is 62.5 Å². The van der Waals surface area contributed by atoms with Crippen LogP contribution in [0.5, 0.6) is 5.75 Å². The molecule has 0 saturated heterocycles. The molecule has 12 nitrogen and oxygen atoms in total. The topological polar surface area (TPSA) is 162 Å². The lowest BCUT2D eigenvalue weighted by atomic mass is 9.74. The van der Waals surface area contributed by atoms with Crippen LogP contribution in [0.4, 0.5) is 30.2 Å². The van der Waals surface area contributed by atoms with Crippen molar-refractivity contribution in [2.24, 2.45) is 5.90 Å². The SMILES string of the molecule is Cc1ccc(N2C(=O)c3ccc(C(C)(c4ccc5c(c4)C(=O)N(c4c(Br)cc(OON)cc4Br)C5=O)C(F)(F)F)cc3C2=O)c([N+](=O)[O-])c1. The van der Waals surface area contributed by atoms with Crippen molar-refractivity contribution >= 4 is 72.6 Å². The number of nitrogens with two attached hydrogens (primary N) is 1. The molecule has 250 valence electrons. The number of carbonyl (C=O) groups excluding carboxylic acids is 4. The maximum Gasteiger partial charge on any atom is 0.402 e. The summed E-state index contributed by atoms with van der Waals surface area (Å²) in [5.41, 5.74) is -5.23. The van der Waals surface area contributed by atoms with Crippen LogP contribution < -0.4 is 20.6 Å². The first-order valence-corrected chi connectivity index (χ1v) is 15.5. The zero-order valence-electron chi connectivity index (χ0n) is 24.9. The molecule has 49 heavy (non-hydrogen) atoms. The minimum absolute atomic E-state index is 0.0378. The number of alkyl halides is 3. The number of nitro benzene ring substituents is 1. The number of halogens is 5. The molecule has 0 saturated carbocycles. The first kappa shape index (κ1) is 33.9. The second-order valence-corrected chi connectivity index (χ2v) is 12.9. The maximum atomic E-state index is 15.2. The van der Waals surface area contributed by atoms with Crippen LogP contribution >= 0.6 is 31.9 Å². The summed E-state index contributed by atoms with van der Waals surface area (Å²) in [5.74, 6) is 1.31. The highest BCUT2D eigenvalue weighted by atomic mass is 79.9. The molecule has 6 rings (SSSR count). The van der Waals surface area contributed by atoms with Gasteiger partial charge in [0.2, 0.25) is 0 Å². The van der Waals surface area contributed by atoms with Gasteiger partial charge in [-0.3, -0.25) is 29.3 Å². The van der Waals surface area contributed by atoms with Crippen molar-refractivity contribution in [3.05, 3.63) is 125 Å². The molecule has 0 aliphatic carbocycles. The Labute approximate surface area is 290 Å². The summed E-state index contributed by atoms with van der Waals surface area (Å²) in [6.45, 7) is 2.41. The molecule has 0 spiro atoms. The minimum Gasteiger partial charge on any atom is -0.320 e. The van der Waals surface area contributed by atoms with Crippen molar-refractivity contribution in [1.82, 2.24) is 0 Å². The van der Waals surface area contributed by atoms with Gasteiger partial charge in [-0.05, 0) is 92.7 Å². The van der Waals surface area contributed by atoms with Crippen molar-refractivity contribution in [1.29, 1.82) is 0 Å². The van der Waals surface area contributed by atoms with Gasteiger partial charge in [0.05, 0.1) is 32.9 Å². The van der Waals surface area contributed by atoms with Gasteiger partial charge in [0.1, 0.15) is 11.1 Å². The zero-order valence-corrected chi connectivity index (χ0v) is 28.1.